The highest BCUT2D eigenvalue weighted by Crippen LogP contribution is 2.22. The molecule has 0 unspecified atom stereocenters. The molecule has 1 aromatic rings. The van der Waals surface area contributed by atoms with Crippen LogP contribution in [0.5, 0.6) is 5.75 Å². The second kappa shape index (κ2) is 5.54. The van der Waals surface area contributed by atoms with E-state index in [4.69, 9.17) is 28.5 Å². The summed E-state index contributed by atoms with van der Waals surface area (Å²) in [4.78, 5) is 0. The van der Waals surface area contributed by atoms with E-state index in [1.165, 1.54) is 0 Å². The van der Waals surface area contributed by atoms with Gasteiger partial charge >= 0.3 is 0 Å². The fourth-order valence-electron chi connectivity index (χ4n) is 1.07. The van der Waals surface area contributed by atoms with Crippen molar-refractivity contribution in [3.05, 3.63) is 28.8 Å². The molecule has 2 N–H and O–H groups in total. The van der Waals surface area contributed by atoms with Gasteiger partial charge in [-0.3, -0.25) is 0 Å². The molecular formula is C11H12ClNO. The van der Waals surface area contributed by atoms with Crippen molar-refractivity contribution in [3.8, 4) is 18.1 Å². The van der Waals surface area contributed by atoms with Crippen LogP contribution in [0.25, 0.3) is 0 Å². The van der Waals surface area contributed by atoms with Crippen LogP contribution in [0.3, 0.4) is 0 Å². The summed E-state index contributed by atoms with van der Waals surface area (Å²) in [7, 11) is 0. The minimum Gasteiger partial charge on any atom is -0.492 e. The van der Waals surface area contributed by atoms with Crippen molar-refractivity contribution in [1.82, 2.24) is 0 Å². The molecule has 74 valence electrons. The Bertz CT molecular complexity index is 344. The van der Waals surface area contributed by atoms with E-state index in [0.29, 0.717) is 24.6 Å². The molecule has 0 aliphatic carbocycles. The lowest BCUT2D eigenvalue weighted by atomic mass is 10.2. The Morgan fingerprint density at radius 3 is 2.93 bits per heavy atom. The molecule has 0 fully saturated rings. The topological polar surface area (TPSA) is 35.2 Å². The van der Waals surface area contributed by atoms with Gasteiger partial charge in [-0.2, -0.15) is 0 Å². The summed E-state index contributed by atoms with van der Waals surface area (Å²) in [5, 5.41) is 0.662. The third-order valence-corrected chi connectivity index (χ3v) is 1.98. The predicted octanol–water partition coefficient (Wildman–Crippen LogP) is 2.20. The summed E-state index contributed by atoms with van der Waals surface area (Å²) in [6.07, 6.45) is 5.70. The minimum atomic E-state index is 0.409. The number of ether oxygens (including phenoxy) is 1. The lowest BCUT2D eigenvalue weighted by Crippen LogP contribution is -2.03. The van der Waals surface area contributed by atoms with E-state index in [1.54, 1.807) is 18.2 Å². The Labute approximate surface area is 89.0 Å². The Morgan fingerprint density at radius 2 is 2.29 bits per heavy atom. The highest BCUT2D eigenvalue weighted by Gasteiger charge is 2.02. The molecule has 0 aliphatic heterocycles. The number of hydrogen-bond acceptors (Lipinski definition) is 2. The van der Waals surface area contributed by atoms with E-state index in [2.05, 4.69) is 5.92 Å². The van der Waals surface area contributed by atoms with E-state index in [-0.39, 0.29) is 0 Å². The Hall–Kier alpha value is -1.17. The first-order valence-electron chi connectivity index (χ1n) is 4.32. The average Bonchev–Trinajstić information content (AvgIpc) is 2.20. The van der Waals surface area contributed by atoms with Gasteiger partial charge in [0.05, 0.1) is 6.61 Å². The van der Waals surface area contributed by atoms with Crippen LogP contribution >= 0.6 is 11.6 Å². The summed E-state index contributed by atoms with van der Waals surface area (Å²) in [6, 6.07) is 5.37. The molecule has 0 aliphatic rings. The number of benzene rings is 1. The highest BCUT2D eigenvalue weighted by molar-refractivity contribution is 6.30. The van der Waals surface area contributed by atoms with Gasteiger partial charge < -0.3 is 10.5 Å². The quantitative estimate of drug-likeness (QED) is 0.610. The van der Waals surface area contributed by atoms with Crippen molar-refractivity contribution in [2.75, 3.05) is 6.61 Å². The van der Waals surface area contributed by atoms with E-state index < -0.39 is 0 Å². The van der Waals surface area contributed by atoms with Crippen molar-refractivity contribution < 1.29 is 4.74 Å². The first-order chi connectivity index (χ1) is 6.77. The minimum absolute atomic E-state index is 0.409. The van der Waals surface area contributed by atoms with Gasteiger partial charge in [-0.1, -0.05) is 11.6 Å². The van der Waals surface area contributed by atoms with Crippen molar-refractivity contribution in [3.63, 3.8) is 0 Å². The number of hydrogen-bond donors (Lipinski definition) is 1. The molecule has 0 saturated heterocycles. The summed E-state index contributed by atoms with van der Waals surface area (Å²) in [5.41, 5.74) is 6.44. The van der Waals surface area contributed by atoms with Crippen LogP contribution in [0.2, 0.25) is 5.02 Å². The van der Waals surface area contributed by atoms with E-state index >= 15 is 0 Å². The van der Waals surface area contributed by atoms with Crippen LogP contribution < -0.4 is 10.5 Å². The Morgan fingerprint density at radius 1 is 1.50 bits per heavy atom. The standard InChI is InChI=1S/C11H12ClNO/c1-2-3-6-14-11-5-4-10(12)7-9(11)8-13/h1,4-5,7H,3,6,8,13H2. The van der Waals surface area contributed by atoms with Gasteiger partial charge in [0, 0.05) is 23.6 Å². The maximum atomic E-state index is 5.81. The van der Waals surface area contributed by atoms with Crippen LogP contribution in [0.4, 0.5) is 0 Å². The SMILES string of the molecule is C#CCCOc1ccc(Cl)cc1CN. The van der Waals surface area contributed by atoms with Crippen LogP contribution in [0, 0.1) is 12.3 Å². The molecule has 0 radical (unpaired) electrons. The molecular weight excluding hydrogens is 198 g/mol. The molecule has 3 heteroatoms. The Balaban J connectivity index is 2.71. The predicted molar refractivity (Wildman–Crippen MR) is 58.3 cm³/mol. The molecule has 2 nitrogen and oxygen atoms in total. The second-order valence-electron chi connectivity index (χ2n) is 2.76. The van der Waals surface area contributed by atoms with Crippen molar-refractivity contribution in [2.24, 2.45) is 5.73 Å². The third-order valence-electron chi connectivity index (χ3n) is 1.75. The molecule has 0 atom stereocenters. The molecule has 0 spiro atoms. The number of halogens is 1. The monoisotopic (exact) mass is 209 g/mol. The summed E-state index contributed by atoms with van der Waals surface area (Å²) >= 11 is 5.81. The molecule has 0 saturated carbocycles. The molecule has 14 heavy (non-hydrogen) atoms. The average molecular weight is 210 g/mol. The lowest BCUT2D eigenvalue weighted by molar-refractivity contribution is 0.324. The van der Waals surface area contributed by atoms with Crippen molar-refractivity contribution in [1.29, 1.82) is 0 Å². The van der Waals surface area contributed by atoms with Gasteiger partial charge in [-0.25, -0.2) is 0 Å². The van der Waals surface area contributed by atoms with Gasteiger partial charge in [0.15, 0.2) is 0 Å². The number of terminal acetylenes is 1. The first kappa shape index (κ1) is 10.9. The smallest absolute Gasteiger partial charge is 0.123 e. The zero-order chi connectivity index (χ0) is 10.4. The Kier molecular flexibility index (Phi) is 4.31. The van der Waals surface area contributed by atoms with Gasteiger partial charge in [-0.05, 0) is 18.2 Å². The zero-order valence-corrected chi connectivity index (χ0v) is 8.55. The van der Waals surface area contributed by atoms with Crippen LogP contribution in [-0.4, -0.2) is 6.61 Å². The molecule has 0 aromatic heterocycles. The first-order valence-corrected chi connectivity index (χ1v) is 4.70. The van der Waals surface area contributed by atoms with Gasteiger partial charge in [0.2, 0.25) is 0 Å². The van der Waals surface area contributed by atoms with Crippen LogP contribution in [0.1, 0.15) is 12.0 Å². The van der Waals surface area contributed by atoms with Crippen molar-refractivity contribution >= 4 is 11.6 Å². The lowest BCUT2D eigenvalue weighted by Gasteiger charge is -2.09. The maximum absolute atomic E-state index is 5.81. The van der Waals surface area contributed by atoms with Gasteiger partial charge in [0.1, 0.15) is 5.75 Å². The normalized spacial score (nSPS) is 9.50. The maximum Gasteiger partial charge on any atom is 0.123 e. The molecule has 0 heterocycles. The summed E-state index contributed by atoms with van der Waals surface area (Å²) < 4.78 is 5.44. The van der Waals surface area contributed by atoms with Crippen molar-refractivity contribution in [2.45, 2.75) is 13.0 Å². The van der Waals surface area contributed by atoms with E-state index in [0.717, 1.165) is 11.3 Å². The third kappa shape index (κ3) is 2.95. The van der Waals surface area contributed by atoms with E-state index in [9.17, 15) is 0 Å². The van der Waals surface area contributed by atoms with Crippen LogP contribution in [-0.2, 0) is 6.54 Å². The molecule has 1 rings (SSSR count). The fraction of sp³-hybridized carbons (Fsp3) is 0.273. The van der Waals surface area contributed by atoms with E-state index in [1.807, 2.05) is 0 Å². The second-order valence-corrected chi connectivity index (χ2v) is 3.20. The highest BCUT2D eigenvalue weighted by atomic mass is 35.5. The number of rotatable bonds is 4. The zero-order valence-electron chi connectivity index (χ0n) is 7.79. The number of nitrogens with two attached hydrogens (primary N) is 1. The largest absolute Gasteiger partial charge is 0.492 e. The fourth-order valence-corrected chi connectivity index (χ4v) is 1.26. The molecule has 0 bridgehead atoms. The summed E-state index contributed by atoms with van der Waals surface area (Å²) in [5.74, 6) is 3.26. The van der Waals surface area contributed by atoms with Gasteiger partial charge in [-0.15, -0.1) is 12.3 Å². The molecule has 0 amide bonds. The van der Waals surface area contributed by atoms with Crippen LogP contribution in [0.15, 0.2) is 18.2 Å². The molecule has 1 aromatic carbocycles. The summed E-state index contributed by atoms with van der Waals surface area (Å²) in [6.45, 7) is 0.914. The van der Waals surface area contributed by atoms with Gasteiger partial charge in [0.25, 0.3) is 0 Å².